The van der Waals surface area contributed by atoms with Crippen molar-refractivity contribution in [2.24, 2.45) is 10.9 Å². The van der Waals surface area contributed by atoms with Crippen molar-refractivity contribution < 1.29 is 17.9 Å². The number of halogens is 3. The molecular weight excluding hydrogens is 429 g/mol. The van der Waals surface area contributed by atoms with Crippen molar-refractivity contribution >= 4 is 22.3 Å². The van der Waals surface area contributed by atoms with E-state index in [9.17, 15) is 13.2 Å². The minimum Gasteiger partial charge on any atom is -0.406 e. The highest BCUT2D eigenvalue weighted by atomic mass is 32.1. The zero-order chi connectivity index (χ0) is 22.3. The van der Waals surface area contributed by atoms with E-state index >= 15 is 0 Å². The maximum Gasteiger partial charge on any atom is 0.573 e. The number of hydrogen-bond acceptors (Lipinski definition) is 7. The van der Waals surface area contributed by atoms with Gasteiger partial charge in [-0.15, -0.1) is 23.4 Å². The fourth-order valence-electron chi connectivity index (χ4n) is 3.42. The highest BCUT2D eigenvalue weighted by molar-refractivity contribution is 7.15. The molecule has 3 rings (SSSR count). The monoisotopic (exact) mass is 454 g/mol. The molecule has 0 radical (unpaired) electrons. The van der Waals surface area contributed by atoms with E-state index in [1.54, 1.807) is 23.5 Å². The summed E-state index contributed by atoms with van der Waals surface area (Å²) in [6.45, 7) is 1.63. The molecule has 0 bridgehead atoms. The Hall–Kier alpha value is -2.82. The van der Waals surface area contributed by atoms with Gasteiger partial charge in [0.1, 0.15) is 16.6 Å². The largest absolute Gasteiger partial charge is 0.573 e. The Morgan fingerprint density at radius 1 is 1.35 bits per heavy atom. The average Bonchev–Trinajstić information content (AvgIpc) is 3.22. The van der Waals surface area contributed by atoms with Crippen molar-refractivity contribution in [3.8, 4) is 5.75 Å². The van der Waals surface area contributed by atoms with Crippen molar-refractivity contribution in [2.75, 3.05) is 25.5 Å². The number of alkyl halides is 3. The lowest BCUT2D eigenvalue weighted by Crippen LogP contribution is -2.37. The molecule has 11 heteroatoms. The minimum absolute atomic E-state index is 0.210. The maximum absolute atomic E-state index is 12.4. The molecule has 1 aliphatic heterocycles. The topological polar surface area (TPSA) is 88.7 Å². The molecule has 1 aromatic carbocycles. The molecule has 0 unspecified atom stereocenters. The van der Waals surface area contributed by atoms with Crippen LogP contribution in [0.15, 0.2) is 41.5 Å². The van der Waals surface area contributed by atoms with E-state index in [0.717, 1.165) is 41.6 Å². The van der Waals surface area contributed by atoms with E-state index in [1.807, 2.05) is 19.2 Å². The number of aromatic nitrogens is 2. The van der Waals surface area contributed by atoms with Crippen molar-refractivity contribution in [3.05, 3.63) is 47.0 Å². The van der Waals surface area contributed by atoms with Gasteiger partial charge in [-0.2, -0.15) is 5.10 Å². The van der Waals surface area contributed by atoms with Gasteiger partial charge in [0, 0.05) is 26.1 Å². The predicted octanol–water partition coefficient (Wildman–Crippen LogP) is 4.12. The van der Waals surface area contributed by atoms with E-state index in [0.29, 0.717) is 24.6 Å². The maximum atomic E-state index is 12.4. The fourth-order valence-corrected chi connectivity index (χ4v) is 4.29. The number of hydrogen-bond donors (Lipinski definition) is 2. The highest BCUT2D eigenvalue weighted by Gasteiger charge is 2.31. The number of likely N-dealkylation sites (tertiary alicyclic amines) is 1. The van der Waals surface area contributed by atoms with Gasteiger partial charge in [-0.05, 0) is 49.5 Å². The number of aryl methyl sites for hydroxylation is 1. The Morgan fingerprint density at radius 3 is 2.77 bits per heavy atom. The summed E-state index contributed by atoms with van der Waals surface area (Å²) in [5, 5.41) is 17.1. The summed E-state index contributed by atoms with van der Waals surface area (Å²) in [5.74, 6) is 6.45. The first-order valence-corrected chi connectivity index (χ1v) is 10.7. The van der Waals surface area contributed by atoms with Crippen LogP contribution in [0, 0.1) is 0 Å². The molecule has 0 spiro atoms. The van der Waals surface area contributed by atoms with Crippen LogP contribution in [-0.4, -0.2) is 47.4 Å². The zero-order valence-corrected chi connectivity index (χ0v) is 17.9. The van der Waals surface area contributed by atoms with E-state index in [1.165, 1.54) is 12.1 Å². The van der Waals surface area contributed by atoms with E-state index in [-0.39, 0.29) is 5.75 Å². The third kappa shape index (κ3) is 6.84. The summed E-state index contributed by atoms with van der Waals surface area (Å²) in [7, 11) is 1.83. The van der Waals surface area contributed by atoms with Crippen LogP contribution in [-0.2, 0) is 6.42 Å². The fraction of sp³-hybridized carbons (Fsp3) is 0.450. The van der Waals surface area contributed by atoms with Crippen LogP contribution in [0.3, 0.4) is 0 Å². The molecule has 1 fully saturated rings. The molecule has 0 aliphatic carbocycles. The SMILES string of the molecule is CNc1nnc(C2CCN(C(/C=C\CCc3cccc(OC(F)(F)F)c3)=N/N)CC2)s1. The average molecular weight is 455 g/mol. The first kappa shape index (κ1) is 22.9. The molecule has 1 aromatic heterocycles. The Morgan fingerprint density at radius 2 is 2.13 bits per heavy atom. The van der Waals surface area contributed by atoms with Gasteiger partial charge < -0.3 is 20.8 Å². The standard InChI is InChI=1S/C20H25F3N6OS/c1-25-19-28-27-18(31-19)15-9-11-29(12-10-15)17(26-24)8-3-2-5-14-6-4-7-16(13-14)30-20(21,22)23/h3-4,6-8,13,15H,2,5,9-12,24H2,1H3,(H,25,28)/b8-3-,26-17+. The summed E-state index contributed by atoms with van der Waals surface area (Å²) < 4.78 is 41.0. The number of ether oxygens (including phenoxy) is 1. The van der Waals surface area contributed by atoms with Gasteiger partial charge in [-0.1, -0.05) is 29.5 Å². The minimum atomic E-state index is -4.69. The summed E-state index contributed by atoms with van der Waals surface area (Å²) in [5.41, 5.74) is 0.761. The van der Waals surface area contributed by atoms with Gasteiger partial charge in [0.15, 0.2) is 0 Å². The second-order valence-corrected chi connectivity index (χ2v) is 8.09. The lowest BCUT2D eigenvalue weighted by molar-refractivity contribution is -0.274. The van der Waals surface area contributed by atoms with Crippen LogP contribution in [0.1, 0.15) is 35.8 Å². The molecule has 1 saturated heterocycles. The second-order valence-electron chi connectivity index (χ2n) is 7.08. The third-order valence-corrected chi connectivity index (χ3v) is 6.06. The molecule has 0 amide bonds. The molecule has 1 aliphatic rings. The quantitative estimate of drug-likeness (QED) is 0.283. The van der Waals surface area contributed by atoms with Crippen LogP contribution in [0.4, 0.5) is 18.3 Å². The second kappa shape index (κ2) is 10.5. The summed E-state index contributed by atoms with van der Waals surface area (Å²) in [4.78, 5) is 2.13. The number of nitrogens with one attached hydrogen (secondary N) is 1. The molecule has 7 nitrogen and oxygen atoms in total. The van der Waals surface area contributed by atoms with Gasteiger partial charge in [-0.25, -0.2) is 0 Å². The van der Waals surface area contributed by atoms with Crippen LogP contribution in [0.5, 0.6) is 5.75 Å². The predicted molar refractivity (Wildman–Crippen MR) is 115 cm³/mol. The molecule has 0 atom stereocenters. The third-order valence-electron chi connectivity index (χ3n) is 4.95. The van der Waals surface area contributed by atoms with E-state index < -0.39 is 6.36 Å². The van der Waals surface area contributed by atoms with Gasteiger partial charge in [-0.3, -0.25) is 0 Å². The normalized spacial score (nSPS) is 16.1. The number of anilines is 1. The van der Waals surface area contributed by atoms with Crippen molar-refractivity contribution in [1.29, 1.82) is 0 Å². The number of benzene rings is 1. The van der Waals surface area contributed by atoms with Gasteiger partial charge in [0.25, 0.3) is 0 Å². The van der Waals surface area contributed by atoms with Crippen LogP contribution in [0.25, 0.3) is 0 Å². The number of piperidine rings is 1. The first-order valence-electron chi connectivity index (χ1n) is 9.93. The number of rotatable bonds is 7. The molecular formula is C20H25F3N6OS. The summed E-state index contributed by atoms with van der Waals surface area (Å²) in [6.07, 6.45) is 2.20. The Bertz CT molecular complexity index is 906. The van der Waals surface area contributed by atoms with Crippen LogP contribution in [0.2, 0.25) is 0 Å². The van der Waals surface area contributed by atoms with Gasteiger partial charge >= 0.3 is 6.36 Å². The number of nitrogens with two attached hydrogens (primary N) is 1. The Kier molecular flexibility index (Phi) is 7.72. The zero-order valence-electron chi connectivity index (χ0n) is 17.1. The summed E-state index contributed by atoms with van der Waals surface area (Å²) in [6, 6.07) is 6.01. The van der Waals surface area contributed by atoms with Crippen molar-refractivity contribution in [3.63, 3.8) is 0 Å². The Labute approximate surface area is 182 Å². The van der Waals surface area contributed by atoms with E-state index in [4.69, 9.17) is 5.84 Å². The molecule has 0 saturated carbocycles. The first-order chi connectivity index (χ1) is 14.9. The number of allylic oxidation sites excluding steroid dienone is 1. The van der Waals surface area contributed by atoms with Crippen LogP contribution < -0.4 is 15.9 Å². The number of amidine groups is 1. The summed E-state index contributed by atoms with van der Waals surface area (Å²) >= 11 is 1.58. The number of hydrazone groups is 1. The van der Waals surface area contributed by atoms with Crippen LogP contribution >= 0.6 is 11.3 Å². The van der Waals surface area contributed by atoms with Gasteiger partial charge in [0.05, 0.1) is 0 Å². The molecule has 3 N–H and O–H groups in total. The van der Waals surface area contributed by atoms with E-state index in [2.05, 4.69) is 30.3 Å². The molecule has 2 aromatic rings. The van der Waals surface area contributed by atoms with Gasteiger partial charge in [0.2, 0.25) is 5.13 Å². The number of nitrogens with zero attached hydrogens (tertiary/aromatic N) is 4. The van der Waals surface area contributed by atoms with Crippen molar-refractivity contribution in [2.45, 2.75) is 38.0 Å². The molecule has 31 heavy (non-hydrogen) atoms. The lowest BCUT2D eigenvalue weighted by Gasteiger charge is -2.32. The molecule has 2 heterocycles. The Balaban J connectivity index is 1.48. The highest BCUT2D eigenvalue weighted by Crippen LogP contribution is 2.31. The lowest BCUT2D eigenvalue weighted by atomic mass is 9.97. The smallest absolute Gasteiger partial charge is 0.406 e. The molecule has 168 valence electrons. The van der Waals surface area contributed by atoms with Crippen molar-refractivity contribution in [1.82, 2.24) is 15.1 Å².